The molecular formula is C22H27ClN2O3. The molecule has 28 heavy (non-hydrogen) atoms. The molecule has 1 fully saturated rings. The third-order valence-electron chi connectivity index (χ3n) is 4.48. The fourth-order valence-electron chi connectivity index (χ4n) is 3.11. The summed E-state index contributed by atoms with van der Waals surface area (Å²) in [6.45, 7) is 6.92. The third-order valence-corrected chi connectivity index (χ3v) is 4.73. The van der Waals surface area contributed by atoms with Crippen LogP contribution in [0.15, 0.2) is 42.6 Å². The summed E-state index contributed by atoms with van der Waals surface area (Å²) < 4.78 is 11.6. The number of amides is 1. The summed E-state index contributed by atoms with van der Waals surface area (Å²) in [6, 6.07) is 11.6. The summed E-state index contributed by atoms with van der Waals surface area (Å²) in [4.78, 5) is 18.4. The summed E-state index contributed by atoms with van der Waals surface area (Å²) >= 11 is 5.94. The van der Waals surface area contributed by atoms with E-state index in [9.17, 15) is 4.79 Å². The van der Waals surface area contributed by atoms with Gasteiger partial charge < -0.3 is 14.4 Å². The van der Waals surface area contributed by atoms with Gasteiger partial charge in [-0.25, -0.2) is 4.79 Å². The van der Waals surface area contributed by atoms with Gasteiger partial charge in [0.25, 0.3) is 0 Å². The molecule has 1 aliphatic rings. The first-order valence-electron chi connectivity index (χ1n) is 9.62. The Morgan fingerprint density at radius 2 is 1.86 bits per heavy atom. The number of halogens is 1. The summed E-state index contributed by atoms with van der Waals surface area (Å²) in [7, 11) is 0. The quantitative estimate of drug-likeness (QED) is 0.713. The van der Waals surface area contributed by atoms with Gasteiger partial charge in [-0.2, -0.15) is 0 Å². The van der Waals surface area contributed by atoms with Crippen LogP contribution in [0.2, 0.25) is 5.02 Å². The van der Waals surface area contributed by atoms with Gasteiger partial charge in [0.05, 0.1) is 0 Å². The van der Waals surface area contributed by atoms with Crippen molar-refractivity contribution in [1.82, 2.24) is 9.88 Å². The van der Waals surface area contributed by atoms with Crippen molar-refractivity contribution >= 4 is 17.7 Å². The molecule has 5 nitrogen and oxygen atoms in total. The van der Waals surface area contributed by atoms with E-state index in [0.29, 0.717) is 13.1 Å². The minimum absolute atomic E-state index is 0.0875. The van der Waals surface area contributed by atoms with Crippen molar-refractivity contribution in [3.05, 3.63) is 58.9 Å². The number of nitrogens with zero attached hydrogens (tertiary/aromatic N) is 2. The molecule has 3 rings (SSSR count). The SMILES string of the molecule is CC(C)(C)OC(=O)N1CCC(Oc2ccnc(Cc3ccc(Cl)cc3)c2)CC1. The number of carbonyl (C=O) groups is 1. The lowest BCUT2D eigenvalue weighted by Gasteiger charge is -2.33. The monoisotopic (exact) mass is 402 g/mol. The molecule has 1 aromatic carbocycles. The van der Waals surface area contributed by atoms with E-state index >= 15 is 0 Å². The minimum Gasteiger partial charge on any atom is -0.490 e. The van der Waals surface area contributed by atoms with Crippen molar-refractivity contribution in [3.63, 3.8) is 0 Å². The summed E-state index contributed by atoms with van der Waals surface area (Å²) in [5.41, 5.74) is 1.63. The van der Waals surface area contributed by atoms with Gasteiger partial charge >= 0.3 is 6.09 Å². The normalized spacial score (nSPS) is 15.4. The molecule has 150 valence electrons. The van der Waals surface area contributed by atoms with Gasteiger partial charge in [-0.1, -0.05) is 23.7 Å². The molecule has 6 heteroatoms. The number of aromatic nitrogens is 1. The van der Waals surface area contributed by atoms with Crippen LogP contribution in [0.1, 0.15) is 44.9 Å². The zero-order chi connectivity index (χ0) is 20.1. The minimum atomic E-state index is -0.470. The Hall–Kier alpha value is -2.27. The summed E-state index contributed by atoms with van der Waals surface area (Å²) in [5, 5.41) is 0.728. The number of piperidine rings is 1. The van der Waals surface area contributed by atoms with E-state index in [0.717, 1.165) is 41.3 Å². The standard InChI is InChI=1S/C22H27ClN2O3/c1-22(2,3)28-21(26)25-12-9-19(10-13-25)27-20-8-11-24-18(15-20)14-16-4-6-17(23)7-5-16/h4-8,11,15,19H,9-10,12-14H2,1-3H3. The fourth-order valence-corrected chi connectivity index (χ4v) is 3.24. The van der Waals surface area contributed by atoms with Crippen LogP contribution in [-0.2, 0) is 11.2 Å². The molecule has 2 aromatic rings. The molecule has 0 unspecified atom stereocenters. The Kier molecular flexibility index (Phi) is 6.45. The van der Waals surface area contributed by atoms with Gasteiger partial charge in [0.2, 0.25) is 0 Å². The number of ether oxygens (including phenoxy) is 2. The molecule has 1 aromatic heterocycles. The van der Waals surface area contributed by atoms with Crippen molar-refractivity contribution in [1.29, 1.82) is 0 Å². The van der Waals surface area contributed by atoms with Gasteiger partial charge in [0.1, 0.15) is 17.5 Å². The first-order valence-corrected chi connectivity index (χ1v) is 10.0. The van der Waals surface area contributed by atoms with E-state index in [2.05, 4.69) is 4.98 Å². The van der Waals surface area contributed by atoms with Gasteiger partial charge in [0.15, 0.2) is 0 Å². The lowest BCUT2D eigenvalue weighted by molar-refractivity contribution is 0.0126. The lowest BCUT2D eigenvalue weighted by Crippen LogP contribution is -2.44. The van der Waals surface area contributed by atoms with Gasteiger partial charge in [-0.15, -0.1) is 0 Å². The average Bonchev–Trinajstić information content (AvgIpc) is 2.63. The highest BCUT2D eigenvalue weighted by Crippen LogP contribution is 2.22. The van der Waals surface area contributed by atoms with Crippen LogP contribution in [-0.4, -0.2) is 40.8 Å². The van der Waals surface area contributed by atoms with E-state index in [1.807, 2.05) is 57.2 Å². The Morgan fingerprint density at radius 3 is 2.50 bits per heavy atom. The van der Waals surface area contributed by atoms with Crippen molar-refractivity contribution in [3.8, 4) is 5.75 Å². The fraction of sp³-hybridized carbons (Fsp3) is 0.455. The second-order valence-electron chi connectivity index (χ2n) is 8.07. The molecule has 2 heterocycles. The maximum Gasteiger partial charge on any atom is 0.410 e. The van der Waals surface area contributed by atoms with Crippen LogP contribution in [0.5, 0.6) is 5.75 Å². The Bertz CT molecular complexity index is 794. The summed E-state index contributed by atoms with van der Waals surface area (Å²) in [6.07, 6.45) is 3.91. The van der Waals surface area contributed by atoms with Crippen LogP contribution in [0, 0.1) is 0 Å². The van der Waals surface area contributed by atoms with Crippen LogP contribution >= 0.6 is 11.6 Å². The zero-order valence-corrected chi connectivity index (χ0v) is 17.4. The number of carbonyl (C=O) groups excluding carboxylic acids is 1. The predicted molar refractivity (Wildman–Crippen MR) is 110 cm³/mol. The number of hydrogen-bond donors (Lipinski definition) is 0. The van der Waals surface area contributed by atoms with Gasteiger partial charge in [-0.3, -0.25) is 4.98 Å². The molecule has 0 bridgehead atoms. The third kappa shape index (κ3) is 6.13. The van der Waals surface area contributed by atoms with E-state index in [1.165, 1.54) is 0 Å². The Balaban J connectivity index is 1.52. The second kappa shape index (κ2) is 8.82. The van der Waals surface area contributed by atoms with Crippen LogP contribution in [0.4, 0.5) is 4.79 Å². The van der Waals surface area contributed by atoms with Crippen molar-refractivity contribution in [2.75, 3.05) is 13.1 Å². The van der Waals surface area contributed by atoms with E-state index in [1.54, 1.807) is 11.1 Å². The first kappa shape index (κ1) is 20.5. The van der Waals surface area contributed by atoms with Crippen LogP contribution in [0.3, 0.4) is 0 Å². The topological polar surface area (TPSA) is 51.7 Å². The lowest BCUT2D eigenvalue weighted by atomic mass is 10.1. The van der Waals surface area contributed by atoms with Gasteiger partial charge in [-0.05, 0) is 44.5 Å². The highest BCUT2D eigenvalue weighted by Gasteiger charge is 2.27. The number of hydrogen-bond acceptors (Lipinski definition) is 4. The summed E-state index contributed by atoms with van der Waals surface area (Å²) in [5.74, 6) is 0.815. The Morgan fingerprint density at radius 1 is 1.18 bits per heavy atom. The molecule has 0 aliphatic carbocycles. The largest absolute Gasteiger partial charge is 0.490 e. The molecule has 0 atom stereocenters. The predicted octanol–water partition coefficient (Wildman–Crippen LogP) is 5.10. The van der Waals surface area contributed by atoms with Crippen molar-refractivity contribution < 1.29 is 14.3 Å². The van der Waals surface area contributed by atoms with E-state index in [4.69, 9.17) is 21.1 Å². The van der Waals surface area contributed by atoms with Gasteiger partial charge in [0, 0.05) is 55.3 Å². The van der Waals surface area contributed by atoms with Crippen molar-refractivity contribution in [2.45, 2.75) is 51.7 Å². The van der Waals surface area contributed by atoms with E-state index < -0.39 is 5.60 Å². The molecular weight excluding hydrogens is 376 g/mol. The average molecular weight is 403 g/mol. The maximum atomic E-state index is 12.2. The number of pyridine rings is 1. The highest BCUT2D eigenvalue weighted by atomic mass is 35.5. The molecule has 1 aliphatic heterocycles. The van der Waals surface area contributed by atoms with Crippen LogP contribution in [0.25, 0.3) is 0 Å². The number of likely N-dealkylation sites (tertiary alicyclic amines) is 1. The zero-order valence-electron chi connectivity index (χ0n) is 16.7. The molecule has 0 saturated carbocycles. The highest BCUT2D eigenvalue weighted by molar-refractivity contribution is 6.30. The molecule has 0 spiro atoms. The molecule has 0 radical (unpaired) electrons. The molecule has 0 N–H and O–H groups in total. The number of rotatable bonds is 4. The molecule has 1 amide bonds. The number of benzene rings is 1. The Labute approximate surface area is 171 Å². The first-order chi connectivity index (χ1) is 13.3. The smallest absolute Gasteiger partial charge is 0.410 e. The van der Waals surface area contributed by atoms with Crippen molar-refractivity contribution in [2.24, 2.45) is 0 Å². The van der Waals surface area contributed by atoms with Crippen LogP contribution < -0.4 is 4.74 Å². The van der Waals surface area contributed by atoms with E-state index in [-0.39, 0.29) is 12.2 Å². The second-order valence-corrected chi connectivity index (χ2v) is 8.51. The maximum absolute atomic E-state index is 12.2. The molecule has 1 saturated heterocycles.